The van der Waals surface area contributed by atoms with Crippen molar-refractivity contribution in [2.24, 2.45) is 11.8 Å². The summed E-state index contributed by atoms with van der Waals surface area (Å²) in [6.07, 6.45) is -4.52. The van der Waals surface area contributed by atoms with Crippen LogP contribution in [0.5, 0.6) is 0 Å². The van der Waals surface area contributed by atoms with E-state index < -0.39 is 65.7 Å². The number of likely N-dealkylation sites (N-methyl/N-ethyl adjacent to an activating group) is 1. The lowest BCUT2D eigenvalue weighted by Gasteiger charge is -2.39. The number of nitrogens with zero attached hydrogens (tertiary/aromatic N) is 2. The fourth-order valence-corrected chi connectivity index (χ4v) is 4.56. The third kappa shape index (κ3) is 8.37. The molecule has 0 aliphatic carbocycles. The van der Waals surface area contributed by atoms with Gasteiger partial charge in [0.05, 0.1) is 6.42 Å². The van der Waals surface area contributed by atoms with E-state index in [2.05, 4.69) is 5.32 Å². The van der Waals surface area contributed by atoms with Gasteiger partial charge in [-0.25, -0.2) is 0 Å². The lowest BCUT2D eigenvalue weighted by Crippen LogP contribution is -2.64. The number of halogens is 3. The van der Waals surface area contributed by atoms with Gasteiger partial charge in [-0.1, -0.05) is 27.7 Å². The third-order valence-electron chi connectivity index (χ3n) is 5.98. The standard InChI is InChI=1S/C23H37F3N4O6/c1-13(2)12-22(5,28-20(35)23(24,25)26)21(36)29(6)17(14(3)4)18(33)27-15(11-16(31)32)19(34)30-9-7-8-10-30/h13-15,17H,7-12H2,1-6H3,(H,27,33)(H,28,35)(H,31,32)/t15-,17-,22?/m0/s1. The number of carbonyl (C=O) groups excluding carboxylic acids is 4. The minimum absolute atomic E-state index is 0.139. The van der Waals surface area contributed by atoms with Gasteiger partial charge in [-0.3, -0.25) is 24.0 Å². The number of aliphatic carboxylic acids is 1. The predicted molar refractivity (Wildman–Crippen MR) is 123 cm³/mol. The Balaban J connectivity index is 3.23. The zero-order chi connectivity index (χ0) is 28.0. The summed E-state index contributed by atoms with van der Waals surface area (Å²) >= 11 is 0. The van der Waals surface area contributed by atoms with Crippen LogP contribution >= 0.6 is 0 Å². The van der Waals surface area contributed by atoms with Crippen molar-refractivity contribution in [3.8, 4) is 0 Å². The molecule has 1 unspecified atom stereocenters. The number of carbonyl (C=O) groups is 5. The van der Waals surface area contributed by atoms with Gasteiger partial charge >= 0.3 is 18.1 Å². The summed E-state index contributed by atoms with van der Waals surface area (Å²) in [4.78, 5) is 64.9. The minimum atomic E-state index is -5.22. The van der Waals surface area contributed by atoms with Crippen molar-refractivity contribution in [3.05, 3.63) is 0 Å². The van der Waals surface area contributed by atoms with Crippen molar-refractivity contribution < 1.29 is 42.3 Å². The third-order valence-corrected chi connectivity index (χ3v) is 5.98. The SMILES string of the molecule is CC(C)CC(C)(NC(=O)C(F)(F)F)C(=O)N(C)[C@H](C(=O)N[C@@H](CC(=O)O)C(=O)N1CCCC1)C(C)C. The Morgan fingerprint density at radius 3 is 1.97 bits per heavy atom. The summed E-state index contributed by atoms with van der Waals surface area (Å²) in [6, 6.07) is -2.63. The first-order valence-corrected chi connectivity index (χ1v) is 11.9. The van der Waals surface area contributed by atoms with Gasteiger partial charge in [0.1, 0.15) is 17.6 Å². The molecule has 1 aliphatic heterocycles. The molecule has 13 heteroatoms. The van der Waals surface area contributed by atoms with E-state index in [1.54, 1.807) is 33.0 Å². The fraction of sp³-hybridized carbons (Fsp3) is 0.783. The van der Waals surface area contributed by atoms with Crippen LogP contribution in [0.3, 0.4) is 0 Å². The van der Waals surface area contributed by atoms with Crippen molar-refractivity contribution in [3.63, 3.8) is 0 Å². The molecule has 0 bridgehead atoms. The number of amides is 4. The Labute approximate surface area is 208 Å². The molecule has 4 amide bonds. The normalized spacial score (nSPS) is 17.4. The fourth-order valence-electron chi connectivity index (χ4n) is 4.56. The molecular formula is C23H37F3N4O6. The summed E-state index contributed by atoms with van der Waals surface area (Å²) in [5.74, 6) is -6.74. The van der Waals surface area contributed by atoms with Gasteiger partial charge in [-0.2, -0.15) is 13.2 Å². The molecule has 1 aliphatic rings. The van der Waals surface area contributed by atoms with Crippen LogP contribution in [-0.4, -0.2) is 88.4 Å². The average molecular weight is 523 g/mol. The topological polar surface area (TPSA) is 136 Å². The molecule has 0 spiro atoms. The Kier molecular flexibility index (Phi) is 10.7. The highest BCUT2D eigenvalue weighted by atomic mass is 19.4. The molecule has 3 atom stereocenters. The van der Waals surface area contributed by atoms with Gasteiger partial charge in [0.15, 0.2) is 0 Å². The van der Waals surface area contributed by atoms with E-state index in [9.17, 15) is 42.3 Å². The van der Waals surface area contributed by atoms with Crippen molar-refractivity contribution >= 4 is 29.6 Å². The molecule has 1 rings (SSSR count). The highest BCUT2D eigenvalue weighted by molar-refractivity contribution is 5.97. The van der Waals surface area contributed by atoms with Gasteiger partial charge in [-0.15, -0.1) is 0 Å². The van der Waals surface area contributed by atoms with Gasteiger partial charge in [0, 0.05) is 20.1 Å². The van der Waals surface area contributed by atoms with E-state index in [-0.39, 0.29) is 12.3 Å². The second-order valence-corrected chi connectivity index (χ2v) is 10.2. The predicted octanol–water partition coefficient (Wildman–Crippen LogP) is 1.53. The number of carboxylic acid groups (broad SMARTS) is 1. The first-order chi connectivity index (χ1) is 16.4. The molecule has 0 aromatic carbocycles. The van der Waals surface area contributed by atoms with E-state index in [1.807, 2.05) is 0 Å². The molecule has 0 aromatic rings. The molecule has 1 fully saturated rings. The average Bonchev–Trinajstić information content (AvgIpc) is 3.25. The van der Waals surface area contributed by atoms with E-state index in [0.29, 0.717) is 13.1 Å². The molecule has 3 N–H and O–H groups in total. The maximum absolute atomic E-state index is 13.4. The smallest absolute Gasteiger partial charge is 0.471 e. The molecule has 0 saturated carbocycles. The monoisotopic (exact) mass is 522 g/mol. The zero-order valence-corrected chi connectivity index (χ0v) is 21.6. The number of hydrogen-bond donors (Lipinski definition) is 3. The molecule has 1 saturated heterocycles. The molecule has 1 heterocycles. The van der Waals surface area contributed by atoms with Crippen LogP contribution in [0.1, 0.15) is 60.3 Å². The molecule has 0 radical (unpaired) electrons. The Hall–Kier alpha value is -2.86. The van der Waals surface area contributed by atoms with Crippen LogP contribution in [0, 0.1) is 11.8 Å². The van der Waals surface area contributed by atoms with E-state index in [0.717, 1.165) is 24.7 Å². The van der Waals surface area contributed by atoms with Crippen LogP contribution < -0.4 is 10.6 Å². The highest BCUT2D eigenvalue weighted by Gasteiger charge is 2.48. The second-order valence-electron chi connectivity index (χ2n) is 10.2. The quantitative estimate of drug-likeness (QED) is 0.377. The summed E-state index contributed by atoms with van der Waals surface area (Å²) in [5.41, 5.74) is -1.98. The number of likely N-dealkylation sites (tertiary alicyclic amines) is 1. The Morgan fingerprint density at radius 2 is 1.56 bits per heavy atom. The summed E-state index contributed by atoms with van der Waals surface area (Å²) in [7, 11) is 1.22. The van der Waals surface area contributed by atoms with Crippen LogP contribution in [0.25, 0.3) is 0 Å². The van der Waals surface area contributed by atoms with Crippen LogP contribution in [0.15, 0.2) is 0 Å². The van der Waals surface area contributed by atoms with Crippen molar-refractivity contribution in [1.29, 1.82) is 0 Å². The van der Waals surface area contributed by atoms with Gasteiger partial charge < -0.3 is 25.5 Å². The Bertz CT molecular complexity index is 842. The number of rotatable bonds is 11. The summed E-state index contributed by atoms with van der Waals surface area (Å²) in [6.45, 7) is 8.55. The highest BCUT2D eigenvalue weighted by Crippen LogP contribution is 2.25. The lowest BCUT2D eigenvalue weighted by molar-refractivity contribution is -0.177. The maximum atomic E-state index is 13.4. The largest absolute Gasteiger partial charge is 0.481 e. The van der Waals surface area contributed by atoms with Gasteiger partial charge in [-0.05, 0) is 38.0 Å². The number of nitrogens with one attached hydrogen (secondary N) is 2. The first-order valence-electron chi connectivity index (χ1n) is 11.9. The van der Waals surface area contributed by atoms with Gasteiger partial charge in [0.25, 0.3) is 0 Å². The minimum Gasteiger partial charge on any atom is -0.481 e. The van der Waals surface area contributed by atoms with Crippen LogP contribution in [0.4, 0.5) is 13.2 Å². The van der Waals surface area contributed by atoms with Crippen molar-refractivity contribution in [2.75, 3.05) is 20.1 Å². The van der Waals surface area contributed by atoms with Crippen molar-refractivity contribution in [1.82, 2.24) is 20.4 Å². The van der Waals surface area contributed by atoms with Gasteiger partial charge in [0.2, 0.25) is 17.7 Å². The van der Waals surface area contributed by atoms with E-state index >= 15 is 0 Å². The molecule has 0 aromatic heterocycles. The molecule has 10 nitrogen and oxygen atoms in total. The zero-order valence-electron chi connectivity index (χ0n) is 21.6. The summed E-state index contributed by atoms with van der Waals surface area (Å²) < 4.78 is 38.9. The number of carboxylic acids is 1. The van der Waals surface area contributed by atoms with Crippen molar-refractivity contribution in [2.45, 2.75) is 84.1 Å². The van der Waals surface area contributed by atoms with E-state index in [4.69, 9.17) is 0 Å². The molecular weight excluding hydrogens is 485 g/mol. The maximum Gasteiger partial charge on any atom is 0.471 e. The molecule has 206 valence electrons. The van der Waals surface area contributed by atoms with E-state index in [1.165, 1.54) is 11.9 Å². The number of alkyl halides is 3. The van der Waals surface area contributed by atoms with Crippen LogP contribution in [0.2, 0.25) is 0 Å². The number of hydrogen-bond acceptors (Lipinski definition) is 5. The summed E-state index contributed by atoms with van der Waals surface area (Å²) in [5, 5.41) is 13.5. The molecule has 36 heavy (non-hydrogen) atoms. The lowest BCUT2D eigenvalue weighted by atomic mass is 9.87. The Morgan fingerprint density at radius 1 is 1.03 bits per heavy atom. The first kappa shape index (κ1) is 31.2. The van der Waals surface area contributed by atoms with Crippen LogP contribution in [-0.2, 0) is 24.0 Å². The second kappa shape index (κ2) is 12.4.